The minimum absolute atomic E-state index is 0.265. The van der Waals surface area contributed by atoms with Crippen molar-refractivity contribution in [3.63, 3.8) is 0 Å². The number of carbonyl (C=O) groups excluding carboxylic acids is 1. The summed E-state index contributed by atoms with van der Waals surface area (Å²) in [7, 11) is 1.67. The molecule has 6 heteroatoms. The number of amides is 1. The minimum atomic E-state index is -0.791. The van der Waals surface area contributed by atoms with Gasteiger partial charge in [-0.25, -0.2) is 0 Å². The quantitative estimate of drug-likeness (QED) is 0.749. The molecule has 6 nitrogen and oxygen atoms in total. The summed E-state index contributed by atoms with van der Waals surface area (Å²) in [4.78, 5) is 12.1. The van der Waals surface area contributed by atoms with Crippen LogP contribution in [-0.4, -0.2) is 32.9 Å². The van der Waals surface area contributed by atoms with E-state index in [1.54, 1.807) is 7.05 Å². The van der Waals surface area contributed by atoms with Crippen LogP contribution in [0.5, 0.6) is 0 Å². The molecule has 19 heavy (non-hydrogen) atoms. The highest BCUT2D eigenvalue weighted by atomic mass is 16.3. The molecule has 106 valence electrons. The molecule has 0 bridgehead atoms. The van der Waals surface area contributed by atoms with Gasteiger partial charge >= 0.3 is 0 Å². The van der Waals surface area contributed by atoms with E-state index in [2.05, 4.69) is 17.3 Å². The lowest BCUT2D eigenvalue weighted by molar-refractivity contribution is -0.0110. The monoisotopic (exact) mass is 266 g/mol. The molecule has 0 aromatic carbocycles. The van der Waals surface area contributed by atoms with Gasteiger partial charge in [-0.15, -0.1) is 0 Å². The lowest BCUT2D eigenvalue weighted by Gasteiger charge is -2.35. The second-order valence-electron chi connectivity index (χ2n) is 5.68. The summed E-state index contributed by atoms with van der Waals surface area (Å²) in [5, 5.41) is 17.2. The molecule has 4 N–H and O–H groups in total. The maximum Gasteiger partial charge on any atom is 0.271 e. The van der Waals surface area contributed by atoms with E-state index in [-0.39, 0.29) is 12.5 Å². The summed E-state index contributed by atoms with van der Waals surface area (Å²) in [6, 6.07) is 0. The Bertz CT molecular complexity index is 452. The van der Waals surface area contributed by atoms with Crippen molar-refractivity contribution in [3.8, 4) is 0 Å². The minimum Gasteiger partial charge on any atom is -0.396 e. The molecule has 2 atom stereocenters. The van der Waals surface area contributed by atoms with Crippen LogP contribution in [0.2, 0.25) is 0 Å². The molecule has 1 saturated carbocycles. The van der Waals surface area contributed by atoms with Gasteiger partial charge in [-0.05, 0) is 18.8 Å². The zero-order valence-electron chi connectivity index (χ0n) is 11.5. The highest BCUT2D eigenvalue weighted by Crippen LogP contribution is 2.31. The number of nitrogens with zero attached hydrogens (tertiary/aromatic N) is 2. The Hall–Kier alpha value is -1.56. The molecule has 0 radical (unpaired) electrons. The van der Waals surface area contributed by atoms with E-state index in [0.29, 0.717) is 17.3 Å². The normalized spacial score (nSPS) is 27.2. The summed E-state index contributed by atoms with van der Waals surface area (Å²) in [5.74, 6) is 0.210. The van der Waals surface area contributed by atoms with E-state index in [4.69, 9.17) is 5.73 Å². The number of carbonyl (C=O) groups is 1. The van der Waals surface area contributed by atoms with Crippen molar-refractivity contribution in [2.75, 3.05) is 12.3 Å². The second kappa shape index (κ2) is 5.21. The summed E-state index contributed by atoms with van der Waals surface area (Å²) >= 11 is 0. The predicted octanol–water partition coefficient (Wildman–Crippen LogP) is 0.673. The molecule has 2 rings (SSSR count). The second-order valence-corrected chi connectivity index (χ2v) is 5.68. The largest absolute Gasteiger partial charge is 0.396 e. The van der Waals surface area contributed by atoms with Crippen molar-refractivity contribution in [1.29, 1.82) is 0 Å². The average Bonchev–Trinajstić information content (AvgIpc) is 2.66. The van der Waals surface area contributed by atoms with Crippen molar-refractivity contribution in [2.24, 2.45) is 13.0 Å². The van der Waals surface area contributed by atoms with Crippen molar-refractivity contribution >= 4 is 11.6 Å². The molecule has 1 fully saturated rings. The first-order chi connectivity index (χ1) is 8.91. The zero-order chi connectivity index (χ0) is 14.0. The summed E-state index contributed by atoms with van der Waals surface area (Å²) < 4.78 is 1.44. The van der Waals surface area contributed by atoms with Crippen LogP contribution in [0.4, 0.5) is 5.69 Å². The van der Waals surface area contributed by atoms with Gasteiger partial charge in [0, 0.05) is 13.6 Å². The van der Waals surface area contributed by atoms with E-state index >= 15 is 0 Å². The van der Waals surface area contributed by atoms with Crippen LogP contribution in [0.3, 0.4) is 0 Å². The first-order valence-electron chi connectivity index (χ1n) is 6.69. The van der Waals surface area contributed by atoms with Gasteiger partial charge in [0.1, 0.15) is 5.69 Å². The summed E-state index contributed by atoms with van der Waals surface area (Å²) in [6.45, 7) is 2.39. The highest BCUT2D eigenvalue weighted by Gasteiger charge is 2.33. The molecule has 1 heterocycles. The lowest BCUT2D eigenvalue weighted by Crippen LogP contribution is -2.46. The van der Waals surface area contributed by atoms with Gasteiger partial charge in [0.05, 0.1) is 17.5 Å². The third-order valence-electron chi connectivity index (χ3n) is 3.83. The number of aryl methyl sites for hydroxylation is 1. The van der Waals surface area contributed by atoms with E-state index < -0.39 is 5.60 Å². The SMILES string of the molecule is CC1CCCC(O)(CNC(=O)c2c(N)cnn2C)C1. The van der Waals surface area contributed by atoms with E-state index in [9.17, 15) is 9.90 Å². The fourth-order valence-electron chi connectivity index (χ4n) is 2.85. The summed E-state index contributed by atoms with van der Waals surface area (Å²) in [5.41, 5.74) is 5.60. The first kappa shape index (κ1) is 13.9. The van der Waals surface area contributed by atoms with Gasteiger partial charge in [0.15, 0.2) is 0 Å². The highest BCUT2D eigenvalue weighted by molar-refractivity contribution is 5.97. The van der Waals surface area contributed by atoms with Crippen LogP contribution in [0.1, 0.15) is 43.1 Å². The van der Waals surface area contributed by atoms with Crippen LogP contribution >= 0.6 is 0 Å². The summed E-state index contributed by atoms with van der Waals surface area (Å²) in [6.07, 6.45) is 5.06. The molecule has 0 aliphatic heterocycles. The van der Waals surface area contributed by atoms with Crippen LogP contribution in [0.15, 0.2) is 6.20 Å². The third kappa shape index (κ3) is 3.07. The smallest absolute Gasteiger partial charge is 0.271 e. The number of aromatic nitrogens is 2. The van der Waals surface area contributed by atoms with Gasteiger partial charge in [-0.1, -0.05) is 19.8 Å². The van der Waals surface area contributed by atoms with Crippen molar-refractivity contribution in [2.45, 2.75) is 38.2 Å². The molecule has 0 spiro atoms. The molecule has 0 saturated heterocycles. The van der Waals surface area contributed by atoms with Gasteiger partial charge < -0.3 is 16.2 Å². The Morgan fingerprint density at radius 2 is 2.47 bits per heavy atom. The number of aliphatic hydroxyl groups is 1. The van der Waals surface area contributed by atoms with Crippen LogP contribution in [0.25, 0.3) is 0 Å². The van der Waals surface area contributed by atoms with Crippen molar-refractivity contribution in [1.82, 2.24) is 15.1 Å². The number of hydrogen-bond donors (Lipinski definition) is 3. The number of nitrogens with one attached hydrogen (secondary N) is 1. The third-order valence-corrected chi connectivity index (χ3v) is 3.83. The molecule has 1 amide bonds. The maximum atomic E-state index is 12.1. The van der Waals surface area contributed by atoms with Crippen LogP contribution in [-0.2, 0) is 7.05 Å². The van der Waals surface area contributed by atoms with Gasteiger partial charge in [0.2, 0.25) is 0 Å². The molecule has 1 aliphatic rings. The lowest BCUT2D eigenvalue weighted by atomic mass is 9.79. The Balaban J connectivity index is 1.97. The Morgan fingerprint density at radius 1 is 1.74 bits per heavy atom. The topological polar surface area (TPSA) is 93.2 Å². The fourth-order valence-corrected chi connectivity index (χ4v) is 2.85. The predicted molar refractivity (Wildman–Crippen MR) is 72.5 cm³/mol. The Labute approximate surface area is 113 Å². The number of hydrogen-bond acceptors (Lipinski definition) is 4. The Morgan fingerprint density at radius 3 is 3.05 bits per heavy atom. The van der Waals surface area contributed by atoms with Crippen molar-refractivity contribution in [3.05, 3.63) is 11.9 Å². The zero-order valence-corrected chi connectivity index (χ0v) is 11.5. The molecule has 1 aromatic rings. The van der Waals surface area contributed by atoms with Crippen LogP contribution in [0, 0.1) is 5.92 Å². The van der Waals surface area contributed by atoms with Crippen molar-refractivity contribution < 1.29 is 9.90 Å². The standard InChI is InChI=1S/C13H22N4O2/c1-9-4-3-5-13(19,6-9)8-15-12(18)11-10(14)7-16-17(11)2/h7,9,19H,3-6,8,14H2,1-2H3,(H,15,18). The van der Waals surface area contributed by atoms with Gasteiger partial charge in [-0.3, -0.25) is 9.48 Å². The van der Waals surface area contributed by atoms with Crippen LogP contribution < -0.4 is 11.1 Å². The molecular formula is C13H22N4O2. The van der Waals surface area contributed by atoms with Gasteiger partial charge in [-0.2, -0.15) is 5.10 Å². The number of rotatable bonds is 3. The number of nitrogens with two attached hydrogens (primary N) is 1. The molecular weight excluding hydrogens is 244 g/mol. The first-order valence-corrected chi connectivity index (χ1v) is 6.69. The molecule has 2 unspecified atom stereocenters. The van der Waals surface area contributed by atoms with E-state index in [0.717, 1.165) is 25.7 Å². The Kier molecular flexibility index (Phi) is 3.80. The molecule has 1 aromatic heterocycles. The van der Waals surface area contributed by atoms with E-state index in [1.165, 1.54) is 10.9 Å². The number of anilines is 1. The number of nitrogen functional groups attached to an aromatic ring is 1. The van der Waals surface area contributed by atoms with Gasteiger partial charge in [0.25, 0.3) is 5.91 Å². The van der Waals surface area contributed by atoms with E-state index in [1.807, 2.05) is 0 Å². The average molecular weight is 266 g/mol. The molecule has 1 aliphatic carbocycles. The fraction of sp³-hybridized carbons (Fsp3) is 0.692. The maximum absolute atomic E-state index is 12.1.